The van der Waals surface area contributed by atoms with Gasteiger partial charge in [0.25, 0.3) is 0 Å². The fourth-order valence-electron chi connectivity index (χ4n) is 2.05. The Balaban J connectivity index is 2.44. The van der Waals surface area contributed by atoms with Gasteiger partial charge in [-0.15, -0.1) is 0 Å². The number of fused-ring (bicyclic) bond motifs is 2. The first-order valence-corrected chi connectivity index (χ1v) is 5.59. The number of hydrogen-bond acceptors (Lipinski definition) is 1. The second-order valence-corrected chi connectivity index (χ2v) is 4.23. The largest absolute Gasteiger partial charge is 0.248 e. The standard InChI is InChI=1S/C15H13N/c1-11-5-4-7-13-10-12-6-2-3-8-14(12)16-15(13)9-11/h2-11H,1H3. The number of para-hydroxylation sites is 1. The molecule has 78 valence electrons. The van der Waals surface area contributed by atoms with E-state index in [1.165, 1.54) is 10.6 Å². The Labute approximate surface area is 94.4 Å². The number of hydrogen-bond donors (Lipinski definition) is 0. The summed E-state index contributed by atoms with van der Waals surface area (Å²) in [6.45, 7) is 2.18. The first-order chi connectivity index (χ1) is 7.83. The smallest absolute Gasteiger partial charge is 0.0709 e. The van der Waals surface area contributed by atoms with E-state index in [9.17, 15) is 0 Å². The van der Waals surface area contributed by atoms with E-state index in [4.69, 9.17) is 4.98 Å². The van der Waals surface area contributed by atoms with Gasteiger partial charge in [-0.05, 0) is 18.1 Å². The molecule has 16 heavy (non-hydrogen) atoms. The third-order valence-corrected chi connectivity index (χ3v) is 2.90. The summed E-state index contributed by atoms with van der Waals surface area (Å²) in [5.74, 6) is 0.450. The van der Waals surface area contributed by atoms with Crippen LogP contribution in [0, 0.1) is 5.92 Å². The molecule has 0 N–H and O–H groups in total. The van der Waals surface area contributed by atoms with Crippen molar-refractivity contribution in [2.24, 2.45) is 5.92 Å². The molecule has 1 aliphatic carbocycles. The van der Waals surface area contributed by atoms with Crippen LogP contribution in [0.4, 0.5) is 0 Å². The topological polar surface area (TPSA) is 12.9 Å². The minimum Gasteiger partial charge on any atom is -0.248 e. The molecule has 0 radical (unpaired) electrons. The molecule has 1 heteroatoms. The lowest BCUT2D eigenvalue weighted by Crippen LogP contribution is -2.27. The first-order valence-electron chi connectivity index (χ1n) is 5.59. The van der Waals surface area contributed by atoms with Gasteiger partial charge in [-0.2, -0.15) is 0 Å². The lowest BCUT2D eigenvalue weighted by atomic mass is 10.1. The molecule has 0 spiro atoms. The molecule has 1 unspecified atom stereocenters. The Bertz CT molecular complexity index is 680. The fourth-order valence-corrected chi connectivity index (χ4v) is 2.05. The van der Waals surface area contributed by atoms with Crippen LogP contribution in [0.2, 0.25) is 0 Å². The van der Waals surface area contributed by atoms with Crippen molar-refractivity contribution in [3.63, 3.8) is 0 Å². The van der Waals surface area contributed by atoms with Crippen molar-refractivity contribution in [3.05, 3.63) is 53.1 Å². The highest BCUT2D eigenvalue weighted by molar-refractivity contribution is 5.78. The molecule has 1 heterocycles. The molecule has 0 fully saturated rings. The van der Waals surface area contributed by atoms with Gasteiger partial charge in [0.2, 0.25) is 0 Å². The van der Waals surface area contributed by atoms with Gasteiger partial charge in [-0.1, -0.05) is 49.4 Å². The fraction of sp³-hybridized carbons (Fsp3) is 0.133. The normalized spacial score (nSPS) is 18.4. The summed E-state index contributed by atoms with van der Waals surface area (Å²) < 4.78 is 0. The van der Waals surface area contributed by atoms with Crippen LogP contribution in [0.25, 0.3) is 23.1 Å². The molecule has 0 amide bonds. The summed E-state index contributed by atoms with van der Waals surface area (Å²) in [4.78, 5) is 4.70. The molecule has 0 saturated heterocycles. The minimum absolute atomic E-state index is 0.450. The van der Waals surface area contributed by atoms with Crippen LogP contribution in [0.3, 0.4) is 0 Å². The van der Waals surface area contributed by atoms with Crippen molar-refractivity contribution in [1.82, 2.24) is 4.98 Å². The highest BCUT2D eigenvalue weighted by Gasteiger charge is 1.99. The molecule has 1 nitrogen and oxygen atoms in total. The zero-order valence-electron chi connectivity index (χ0n) is 9.22. The number of allylic oxidation sites excluding steroid dienone is 2. The highest BCUT2D eigenvalue weighted by Crippen LogP contribution is 2.07. The molecule has 1 aromatic carbocycles. The number of benzene rings is 1. The summed E-state index contributed by atoms with van der Waals surface area (Å²) in [5, 5.41) is 3.50. The van der Waals surface area contributed by atoms with Crippen LogP contribution in [-0.4, -0.2) is 4.98 Å². The summed E-state index contributed by atoms with van der Waals surface area (Å²) in [7, 11) is 0. The predicted octanol–water partition coefficient (Wildman–Crippen LogP) is 2.00. The van der Waals surface area contributed by atoms with E-state index in [0.717, 1.165) is 10.9 Å². The van der Waals surface area contributed by atoms with Crippen LogP contribution in [-0.2, 0) is 0 Å². The molecular formula is C15H13N. The maximum absolute atomic E-state index is 4.70. The lowest BCUT2D eigenvalue weighted by Gasteiger charge is -1.98. The van der Waals surface area contributed by atoms with E-state index in [-0.39, 0.29) is 0 Å². The Hall–Kier alpha value is -1.89. The maximum atomic E-state index is 4.70. The second-order valence-electron chi connectivity index (χ2n) is 4.23. The maximum Gasteiger partial charge on any atom is 0.0709 e. The van der Waals surface area contributed by atoms with Gasteiger partial charge in [0.1, 0.15) is 0 Å². The molecule has 3 rings (SSSR count). The number of pyridine rings is 1. The van der Waals surface area contributed by atoms with E-state index in [0.29, 0.717) is 5.92 Å². The van der Waals surface area contributed by atoms with Crippen molar-refractivity contribution in [3.8, 4) is 0 Å². The molecule has 1 aromatic heterocycles. The van der Waals surface area contributed by atoms with Crippen LogP contribution in [0.15, 0.2) is 42.5 Å². The van der Waals surface area contributed by atoms with E-state index in [1.54, 1.807) is 0 Å². The average Bonchev–Trinajstić information content (AvgIpc) is 2.46. The van der Waals surface area contributed by atoms with Crippen LogP contribution < -0.4 is 10.6 Å². The molecule has 1 atom stereocenters. The Kier molecular flexibility index (Phi) is 2.10. The van der Waals surface area contributed by atoms with E-state index >= 15 is 0 Å². The second kappa shape index (κ2) is 3.60. The SMILES string of the molecule is CC1C=CC=c2cc3ccccc3nc2=C1. The highest BCUT2D eigenvalue weighted by atomic mass is 14.7. The summed E-state index contributed by atoms with van der Waals surface area (Å²) in [5.41, 5.74) is 1.07. The lowest BCUT2D eigenvalue weighted by molar-refractivity contribution is 0.991. The molecular weight excluding hydrogens is 194 g/mol. The quantitative estimate of drug-likeness (QED) is 0.644. The first kappa shape index (κ1) is 9.34. The van der Waals surface area contributed by atoms with Gasteiger partial charge in [0.05, 0.1) is 10.9 Å². The molecule has 0 saturated carbocycles. The van der Waals surface area contributed by atoms with Gasteiger partial charge in [0, 0.05) is 10.6 Å². The van der Waals surface area contributed by atoms with Crippen molar-refractivity contribution in [2.75, 3.05) is 0 Å². The van der Waals surface area contributed by atoms with Gasteiger partial charge in [-0.25, -0.2) is 4.98 Å². The predicted molar refractivity (Wildman–Crippen MR) is 68.2 cm³/mol. The van der Waals surface area contributed by atoms with Gasteiger partial charge < -0.3 is 0 Å². The molecule has 0 aliphatic heterocycles. The zero-order valence-corrected chi connectivity index (χ0v) is 9.22. The van der Waals surface area contributed by atoms with Crippen LogP contribution in [0.1, 0.15) is 6.92 Å². The molecule has 2 aromatic rings. The Morgan fingerprint density at radius 1 is 1.19 bits per heavy atom. The number of aromatic nitrogens is 1. The van der Waals surface area contributed by atoms with E-state index in [1.807, 2.05) is 6.07 Å². The molecule has 1 aliphatic rings. The third-order valence-electron chi connectivity index (χ3n) is 2.90. The van der Waals surface area contributed by atoms with Crippen molar-refractivity contribution < 1.29 is 0 Å². The molecule has 0 bridgehead atoms. The van der Waals surface area contributed by atoms with Gasteiger partial charge in [0.15, 0.2) is 0 Å². The Morgan fingerprint density at radius 3 is 3.00 bits per heavy atom. The number of nitrogens with zero attached hydrogens (tertiary/aromatic N) is 1. The summed E-state index contributed by atoms with van der Waals surface area (Å²) in [6.07, 6.45) is 8.65. The van der Waals surface area contributed by atoms with E-state index < -0.39 is 0 Å². The average molecular weight is 207 g/mol. The minimum atomic E-state index is 0.450. The summed E-state index contributed by atoms with van der Waals surface area (Å²) in [6, 6.07) is 10.5. The van der Waals surface area contributed by atoms with Gasteiger partial charge in [-0.3, -0.25) is 0 Å². The monoisotopic (exact) mass is 207 g/mol. The van der Waals surface area contributed by atoms with Crippen LogP contribution in [0.5, 0.6) is 0 Å². The Morgan fingerprint density at radius 2 is 2.06 bits per heavy atom. The number of rotatable bonds is 0. The van der Waals surface area contributed by atoms with E-state index in [2.05, 4.69) is 55.5 Å². The summed E-state index contributed by atoms with van der Waals surface area (Å²) >= 11 is 0. The van der Waals surface area contributed by atoms with Crippen LogP contribution >= 0.6 is 0 Å². The van der Waals surface area contributed by atoms with Gasteiger partial charge >= 0.3 is 0 Å². The zero-order chi connectivity index (χ0) is 11.0. The third kappa shape index (κ3) is 1.54. The van der Waals surface area contributed by atoms with Crippen molar-refractivity contribution >= 4 is 23.1 Å². The van der Waals surface area contributed by atoms with Crippen molar-refractivity contribution in [1.29, 1.82) is 0 Å². The van der Waals surface area contributed by atoms with Crippen molar-refractivity contribution in [2.45, 2.75) is 6.92 Å².